The first-order valence-corrected chi connectivity index (χ1v) is 4.29. The van der Waals surface area contributed by atoms with E-state index in [4.69, 9.17) is 0 Å². The number of nitrogens with zero attached hydrogens (tertiary/aromatic N) is 1. The van der Waals surface area contributed by atoms with Gasteiger partial charge in [-0.3, -0.25) is 0 Å². The minimum atomic E-state index is 0.518. The molecule has 0 saturated carbocycles. The van der Waals surface area contributed by atoms with Gasteiger partial charge < -0.3 is 4.90 Å². The van der Waals surface area contributed by atoms with Gasteiger partial charge in [-0.1, -0.05) is 38.1 Å². The summed E-state index contributed by atoms with van der Waals surface area (Å²) in [5.74, 6) is 0.518. The van der Waals surface area contributed by atoms with Crippen molar-refractivity contribution in [3.63, 3.8) is 0 Å². The monoisotopic (exact) mass is 156 g/mol. The highest BCUT2D eigenvalue weighted by molar-refractivity contribution is 6.59. The highest BCUT2D eigenvalue weighted by Gasteiger charge is 2.17. The van der Waals surface area contributed by atoms with Crippen LogP contribution in [0.25, 0.3) is 0 Å². The normalized spacial score (nSPS) is 14.1. The van der Waals surface area contributed by atoms with Crippen LogP contribution in [0.4, 0.5) is 0 Å². The van der Waals surface area contributed by atoms with Crippen molar-refractivity contribution in [2.24, 2.45) is 10.8 Å². The van der Waals surface area contributed by atoms with Gasteiger partial charge in [-0.05, 0) is 16.9 Å². The summed E-state index contributed by atoms with van der Waals surface area (Å²) in [5.41, 5.74) is 3.76. The zero-order chi connectivity index (χ0) is 8.55. The first-order chi connectivity index (χ1) is 5.79. The molecular formula is C10H11BN. The Morgan fingerprint density at radius 1 is 1.25 bits per heavy atom. The summed E-state index contributed by atoms with van der Waals surface area (Å²) >= 11 is 0. The Bertz CT molecular complexity index is 328. The van der Waals surface area contributed by atoms with Crippen molar-refractivity contribution in [1.82, 2.24) is 0 Å². The lowest BCUT2D eigenvalue weighted by atomic mass is 9.83. The third kappa shape index (κ3) is 1.08. The maximum atomic E-state index is 4.39. The van der Waals surface area contributed by atoms with Gasteiger partial charge in [0.05, 0.1) is 0 Å². The molecule has 0 aromatic heterocycles. The van der Waals surface area contributed by atoms with Gasteiger partial charge in [0.15, 0.2) is 0 Å². The van der Waals surface area contributed by atoms with E-state index in [0.29, 0.717) is 5.92 Å². The van der Waals surface area contributed by atoms with Crippen LogP contribution in [0.2, 0.25) is 0 Å². The van der Waals surface area contributed by atoms with Crippen LogP contribution in [-0.4, -0.2) is 13.1 Å². The number of benzene rings is 1. The van der Waals surface area contributed by atoms with Crippen LogP contribution < -0.4 is 5.46 Å². The number of fused-ring (bicyclic) bond motifs is 1. The fourth-order valence-electron chi connectivity index (χ4n) is 1.51. The molecule has 1 aliphatic rings. The van der Waals surface area contributed by atoms with Crippen LogP contribution in [0.3, 0.4) is 0 Å². The fourth-order valence-corrected chi connectivity index (χ4v) is 1.51. The van der Waals surface area contributed by atoms with E-state index in [1.807, 2.05) is 13.5 Å². The van der Waals surface area contributed by atoms with Crippen molar-refractivity contribution in [2.45, 2.75) is 13.8 Å². The van der Waals surface area contributed by atoms with Crippen molar-refractivity contribution in [3.05, 3.63) is 29.8 Å². The predicted molar refractivity (Wildman–Crippen MR) is 53.2 cm³/mol. The molecule has 1 heterocycles. The third-order valence-electron chi connectivity index (χ3n) is 2.13. The first-order valence-electron chi connectivity index (χ1n) is 4.29. The quantitative estimate of drug-likeness (QED) is 0.544. The van der Waals surface area contributed by atoms with Gasteiger partial charge in [0.25, 0.3) is 0 Å². The Morgan fingerprint density at radius 2 is 2.00 bits per heavy atom. The minimum Gasteiger partial charge on any atom is -0.345 e. The third-order valence-corrected chi connectivity index (χ3v) is 2.13. The molecular weight excluding hydrogens is 145 g/mol. The summed E-state index contributed by atoms with van der Waals surface area (Å²) < 4.78 is 0. The molecule has 2 heteroatoms. The lowest BCUT2D eigenvalue weighted by molar-refractivity contribution is 0.890. The second-order valence-corrected chi connectivity index (χ2v) is 3.39. The van der Waals surface area contributed by atoms with Gasteiger partial charge in [0, 0.05) is 5.71 Å². The Balaban J connectivity index is 2.45. The van der Waals surface area contributed by atoms with Crippen molar-refractivity contribution >= 4 is 18.6 Å². The zero-order valence-corrected chi connectivity index (χ0v) is 7.41. The maximum Gasteiger partial charge on any atom is 0.313 e. The van der Waals surface area contributed by atoms with Crippen LogP contribution >= 0.6 is 0 Å². The molecule has 0 spiro atoms. The molecule has 1 radical (unpaired) electrons. The lowest BCUT2D eigenvalue weighted by Crippen LogP contribution is -2.14. The van der Waals surface area contributed by atoms with Crippen molar-refractivity contribution in [1.29, 1.82) is 0 Å². The molecule has 1 nitrogen and oxygen atoms in total. The van der Waals surface area contributed by atoms with Gasteiger partial charge in [0.1, 0.15) is 0 Å². The Hall–Kier alpha value is -1.05. The fraction of sp³-hybridized carbons (Fsp3) is 0.300. The van der Waals surface area contributed by atoms with Gasteiger partial charge in [-0.15, -0.1) is 0 Å². The number of hydrogen-bond donors (Lipinski definition) is 0. The molecule has 1 aromatic carbocycles. The lowest BCUT2D eigenvalue weighted by Gasteiger charge is -2.06. The molecule has 59 valence electrons. The van der Waals surface area contributed by atoms with Gasteiger partial charge in [-0.25, -0.2) is 0 Å². The summed E-state index contributed by atoms with van der Waals surface area (Å²) in [4.78, 5) is 4.39. The summed E-state index contributed by atoms with van der Waals surface area (Å²) in [6.45, 7) is 4.35. The SMILES string of the molecule is CC(C)C1=N[B]c2ccccc21. The van der Waals surface area contributed by atoms with E-state index in [9.17, 15) is 0 Å². The maximum absolute atomic E-state index is 4.39. The zero-order valence-electron chi connectivity index (χ0n) is 7.41. The number of hydrogen-bond acceptors (Lipinski definition) is 1. The molecule has 0 bridgehead atoms. The van der Waals surface area contributed by atoms with Gasteiger partial charge in [0.2, 0.25) is 0 Å². The van der Waals surface area contributed by atoms with Crippen LogP contribution in [0.1, 0.15) is 19.4 Å². The van der Waals surface area contributed by atoms with Crippen LogP contribution in [0.5, 0.6) is 0 Å². The van der Waals surface area contributed by atoms with E-state index >= 15 is 0 Å². The second-order valence-electron chi connectivity index (χ2n) is 3.39. The summed E-state index contributed by atoms with van der Waals surface area (Å²) in [5, 5.41) is 0. The van der Waals surface area contributed by atoms with Crippen LogP contribution in [0.15, 0.2) is 29.2 Å². The summed E-state index contributed by atoms with van der Waals surface area (Å²) in [6.07, 6.45) is 0. The topological polar surface area (TPSA) is 12.4 Å². The standard InChI is InChI=1S/C10H11BN/c1-7(2)10-8-5-3-4-6-9(8)11-12-10/h3-7H,1-2H3. The minimum absolute atomic E-state index is 0.518. The Morgan fingerprint density at radius 3 is 2.75 bits per heavy atom. The van der Waals surface area contributed by atoms with Crippen molar-refractivity contribution in [2.75, 3.05) is 0 Å². The molecule has 0 saturated heterocycles. The largest absolute Gasteiger partial charge is 0.345 e. The van der Waals surface area contributed by atoms with E-state index in [2.05, 4.69) is 36.9 Å². The van der Waals surface area contributed by atoms with E-state index in [-0.39, 0.29) is 0 Å². The molecule has 0 amide bonds. The van der Waals surface area contributed by atoms with Crippen LogP contribution in [-0.2, 0) is 0 Å². The molecule has 12 heavy (non-hydrogen) atoms. The van der Waals surface area contributed by atoms with Gasteiger partial charge in [-0.2, -0.15) is 0 Å². The Kier molecular flexibility index (Phi) is 1.76. The first kappa shape index (κ1) is 7.60. The molecule has 0 N–H and O–H groups in total. The van der Waals surface area contributed by atoms with E-state index in [1.165, 1.54) is 16.7 Å². The van der Waals surface area contributed by atoms with Crippen molar-refractivity contribution in [3.8, 4) is 0 Å². The Labute approximate surface area is 73.8 Å². The average Bonchev–Trinajstić information content (AvgIpc) is 2.47. The van der Waals surface area contributed by atoms with Crippen molar-refractivity contribution < 1.29 is 0 Å². The average molecular weight is 156 g/mol. The van der Waals surface area contributed by atoms with E-state index in [1.54, 1.807) is 0 Å². The molecule has 0 unspecified atom stereocenters. The molecule has 2 rings (SSSR count). The van der Waals surface area contributed by atoms with E-state index < -0.39 is 0 Å². The summed E-state index contributed by atoms with van der Waals surface area (Å²) in [7, 11) is 1.95. The smallest absolute Gasteiger partial charge is 0.313 e. The van der Waals surface area contributed by atoms with E-state index in [0.717, 1.165) is 0 Å². The van der Waals surface area contributed by atoms with Crippen LogP contribution in [0, 0.1) is 5.92 Å². The molecule has 0 atom stereocenters. The number of rotatable bonds is 1. The second kappa shape index (κ2) is 2.78. The molecule has 1 aliphatic heterocycles. The van der Waals surface area contributed by atoms with Gasteiger partial charge >= 0.3 is 7.41 Å². The highest BCUT2D eigenvalue weighted by Crippen LogP contribution is 2.11. The molecule has 0 aliphatic carbocycles. The molecule has 0 fully saturated rings. The predicted octanol–water partition coefficient (Wildman–Crippen LogP) is 1.39. The summed E-state index contributed by atoms with van der Waals surface area (Å²) in [6, 6.07) is 8.36. The highest BCUT2D eigenvalue weighted by atomic mass is 14.7. The molecule has 1 aromatic rings.